The minimum atomic E-state index is -0.766. The Kier molecular flexibility index (Phi) is 4.52. The van der Waals surface area contributed by atoms with Crippen LogP contribution in [-0.2, 0) is 4.74 Å². The van der Waals surface area contributed by atoms with Gasteiger partial charge in [0.2, 0.25) is 0 Å². The summed E-state index contributed by atoms with van der Waals surface area (Å²) in [5, 5.41) is 9.40. The average molecular weight is 214 g/mol. The first-order valence-electron chi connectivity index (χ1n) is 4.83. The molecule has 0 aliphatic carbocycles. The number of rotatable bonds is 5. The Morgan fingerprint density at radius 2 is 2.20 bits per heavy atom. The molecule has 0 heterocycles. The van der Waals surface area contributed by atoms with E-state index >= 15 is 0 Å². The lowest BCUT2D eigenvalue weighted by molar-refractivity contribution is 0.0204. The molecule has 0 aliphatic heterocycles. The molecular weight excluding hydrogens is 199 g/mol. The molecule has 84 valence electrons. The van der Waals surface area contributed by atoms with E-state index in [1.807, 2.05) is 6.92 Å². The van der Waals surface area contributed by atoms with E-state index in [2.05, 4.69) is 0 Å². The zero-order valence-corrected chi connectivity index (χ0v) is 8.87. The van der Waals surface area contributed by atoms with Crippen molar-refractivity contribution in [2.24, 2.45) is 0 Å². The van der Waals surface area contributed by atoms with Crippen molar-refractivity contribution in [3.63, 3.8) is 0 Å². The number of aliphatic hydroxyl groups is 1. The van der Waals surface area contributed by atoms with E-state index < -0.39 is 11.9 Å². The molecule has 0 radical (unpaired) electrons. The molecule has 0 bridgehead atoms. The summed E-state index contributed by atoms with van der Waals surface area (Å²) in [6.07, 6.45) is -0.766. The minimum Gasteiger partial charge on any atom is -0.467 e. The van der Waals surface area contributed by atoms with Gasteiger partial charge in [-0.15, -0.1) is 0 Å². The Balaban J connectivity index is 2.77. The molecule has 1 N–H and O–H groups in total. The maximum absolute atomic E-state index is 12.9. The van der Waals surface area contributed by atoms with Crippen LogP contribution in [0.5, 0.6) is 5.75 Å². The molecule has 0 aromatic heterocycles. The number of benzene rings is 1. The van der Waals surface area contributed by atoms with Crippen LogP contribution in [-0.4, -0.2) is 18.5 Å². The van der Waals surface area contributed by atoms with E-state index in [1.54, 1.807) is 6.92 Å². The van der Waals surface area contributed by atoms with Crippen LogP contribution in [0.3, 0.4) is 0 Å². The zero-order chi connectivity index (χ0) is 11.3. The van der Waals surface area contributed by atoms with Crippen molar-refractivity contribution in [3.8, 4) is 5.75 Å². The van der Waals surface area contributed by atoms with Crippen molar-refractivity contribution in [2.45, 2.75) is 20.0 Å². The molecule has 1 rings (SSSR count). The highest BCUT2D eigenvalue weighted by molar-refractivity contribution is 5.35. The van der Waals surface area contributed by atoms with Gasteiger partial charge < -0.3 is 14.6 Å². The normalized spacial score (nSPS) is 12.5. The fraction of sp³-hybridized carbons (Fsp3) is 0.455. The van der Waals surface area contributed by atoms with E-state index in [1.165, 1.54) is 18.2 Å². The predicted molar refractivity (Wildman–Crippen MR) is 54.2 cm³/mol. The summed E-state index contributed by atoms with van der Waals surface area (Å²) in [7, 11) is 0. The van der Waals surface area contributed by atoms with Crippen molar-refractivity contribution in [2.75, 3.05) is 13.4 Å². The van der Waals surface area contributed by atoms with Crippen molar-refractivity contribution in [1.82, 2.24) is 0 Å². The van der Waals surface area contributed by atoms with Crippen molar-refractivity contribution in [1.29, 1.82) is 0 Å². The highest BCUT2D eigenvalue weighted by Gasteiger charge is 2.10. The summed E-state index contributed by atoms with van der Waals surface area (Å²) in [5.41, 5.74) is 0.426. The monoisotopic (exact) mass is 214 g/mol. The molecule has 0 spiro atoms. The largest absolute Gasteiger partial charge is 0.467 e. The second-order valence-corrected chi connectivity index (χ2v) is 3.11. The molecule has 1 aromatic carbocycles. The quantitative estimate of drug-likeness (QED) is 0.603. The Morgan fingerprint density at radius 1 is 1.47 bits per heavy atom. The lowest BCUT2D eigenvalue weighted by atomic mass is 10.1. The highest BCUT2D eigenvalue weighted by Crippen LogP contribution is 2.25. The topological polar surface area (TPSA) is 38.7 Å². The molecule has 4 heteroatoms. The molecule has 0 saturated heterocycles. The predicted octanol–water partition coefficient (Wildman–Crippen LogP) is 2.25. The zero-order valence-electron chi connectivity index (χ0n) is 8.87. The molecule has 1 atom stereocenters. The second-order valence-electron chi connectivity index (χ2n) is 3.11. The molecule has 0 saturated carbocycles. The first-order chi connectivity index (χ1) is 7.15. The first-order valence-corrected chi connectivity index (χ1v) is 4.83. The molecule has 0 fully saturated rings. The summed E-state index contributed by atoms with van der Waals surface area (Å²) >= 11 is 0. The number of hydrogen-bond donors (Lipinski definition) is 1. The number of hydrogen-bond acceptors (Lipinski definition) is 3. The maximum atomic E-state index is 12.9. The minimum absolute atomic E-state index is 0.0991. The standard InChI is InChI=1S/C11H15FO3/c1-3-14-7-15-11-5-4-9(12)6-10(11)8(2)13/h4-6,8,13H,3,7H2,1-2H3/t8-/m0/s1. The highest BCUT2D eigenvalue weighted by atomic mass is 19.1. The lowest BCUT2D eigenvalue weighted by Gasteiger charge is -2.13. The van der Waals surface area contributed by atoms with Crippen LogP contribution in [0.2, 0.25) is 0 Å². The van der Waals surface area contributed by atoms with Gasteiger partial charge in [-0.1, -0.05) is 0 Å². The van der Waals surface area contributed by atoms with E-state index in [-0.39, 0.29) is 6.79 Å². The Hall–Kier alpha value is -1.13. The molecule has 0 amide bonds. The lowest BCUT2D eigenvalue weighted by Crippen LogP contribution is -2.05. The molecule has 0 unspecified atom stereocenters. The van der Waals surface area contributed by atoms with Crippen LogP contribution < -0.4 is 4.74 Å². The molecule has 3 nitrogen and oxygen atoms in total. The van der Waals surface area contributed by atoms with Crippen molar-refractivity contribution < 1.29 is 19.0 Å². The van der Waals surface area contributed by atoms with Gasteiger partial charge in [-0.05, 0) is 32.0 Å². The third-order valence-corrected chi connectivity index (χ3v) is 1.92. The fourth-order valence-corrected chi connectivity index (χ4v) is 1.17. The fourth-order valence-electron chi connectivity index (χ4n) is 1.17. The van der Waals surface area contributed by atoms with Gasteiger partial charge in [-0.3, -0.25) is 0 Å². The third-order valence-electron chi connectivity index (χ3n) is 1.92. The van der Waals surface area contributed by atoms with Gasteiger partial charge in [-0.2, -0.15) is 0 Å². The molecule has 0 aliphatic rings. The second kappa shape index (κ2) is 5.68. The number of halogens is 1. The summed E-state index contributed by atoms with van der Waals surface area (Å²) in [6, 6.07) is 4.02. The number of ether oxygens (including phenoxy) is 2. The Bertz CT molecular complexity index is 313. The van der Waals surface area contributed by atoms with Gasteiger partial charge in [-0.25, -0.2) is 4.39 Å². The van der Waals surface area contributed by atoms with Gasteiger partial charge in [0, 0.05) is 12.2 Å². The van der Waals surface area contributed by atoms with Crippen LogP contribution >= 0.6 is 0 Å². The molecule has 15 heavy (non-hydrogen) atoms. The Morgan fingerprint density at radius 3 is 2.80 bits per heavy atom. The van der Waals surface area contributed by atoms with Crippen LogP contribution in [0, 0.1) is 5.82 Å². The van der Waals surface area contributed by atoms with Gasteiger partial charge in [0.25, 0.3) is 0 Å². The van der Waals surface area contributed by atoms with Crippen LogP contribution in [0.1, 0.15) is 25.5 Å². The van der Waals surface area contributed by atoms with E-state index in [0.717, 1.165) is 0 Å². The molecule has 1 aromatic rings. The van der Waals surface area contributed by atoms with Gasteiger partial charge in [0.05, 0.1) is 6.10 Å². The molecular formula is C11H15FO3. The summed E-state index contributed by atoms with van der Waals surface area (Å²) in [4.78, 5) is 0. The Labute approximate surface area is 88.4 Å². The average Bonchev–Trinajstić information content (AvgIpc) is 2.20. The van der Waals surface area contributed by atoms with E-state index in [4.69, 9.17) is 9.47 Å². The summed E-state index contributed by atoms with van der Waals surface area (Å²) in [6.45, 7) is 4.05. The van der Waals surface area contributed by atoms with Crippen LogP contribution in [0.15, 0.2) is 18.2 Å². The third kappa shape index (κ3) is 3.49. The van der Waals surface area contributed by atoms with Crippen LogP contribution in [0.25, 0.3) is 0 Å². The summed E-state index contributed by atoms with van der Waals surface area (Å²) in [5.74, 6) is 0.0505. The first kappa shape index (κ1) is 11.9. The van der Waals surface area contributed by atoms with Crippen molar-refractivity contribution in [3.05, 3.63) is 29.6 Å². The van der Waals surface area contributed by atoms with Gasteiger partial charge in [0.15, 0.2) is 6.79 Å². The maximum Gasteiger partial charge on any atom is 0.189 e. The van der Waals surface area contributed by atoms with Gasteiger partial charge in [0.1, 0.15) is 11.6 Å². The SMILES string of the molecule is CCOCOc1ccc(F)cc1[C@H](C)O. The van der Waals surface area contributed by atoms with E-state index in [0.29, 0.717) is 17.9 Å². The van der Waals surface area contributed by atoms with Crippen LogP contribution in [0.4, 0.5) is 4.39 Å². The van der Waals surface area contributed by atoms with E-state index in [9.17, 15) is 9.50 Å². The smallest absolute Gasteiger partial charge is 0.189 e. The van der Waals surface area contributed by atoms with Crippen molar-refractivity contribution >= 4 is 0 Å². The van der Waals surface area contributed by atoms with Gasteiger partial charge >= 0.3 is 0 Å². The number of aliphatic hydroxyl groups excluding tert-OH is 1. The summed E-state index contributed by atoms with van der Waals surface area (Å²) < 4.78 is 23.1.